The Morgan fingerprint density at radius 3 is 2.37 bits per heavy atom. The molecule has 1 aliphatic carbocycles. The molecule has 0 aromatic carbocycles. The largest absolute Gasteiger partial charge is 0.375 e. The summed E-state index contributed by atoms with van der Waals surface area (Å²) in [6, 6.07) is 0. The number of carbonyl (C=O) groups excluding carboxylic acids is 2. The molecule has 2 fully saturated rings. The first kappa shape index (κ1) is 12.4. The van der Waals surface area contributed by atoms with E-state index < -0.39 is 0 Å². The zero-order valence-electron chi connectivity index (χ0n) is 10.5. The molecule has 2 heterocycles. The van der Waals surface area contributed by atoms with Gasteiger partial charge in [0.1, 0.15) is 5.69 Å². The molecule has 0 unspecified atom stereocenters. The Hall–Kier alpha value is -1.63. The van der Waals surface area contributed by atoms with Crippen molar-refractivity contribution in [1.29, 1.82) is 0 Å². The minimum atomic E-state index is -0.0912. The maximum atomic E-state index is 12.1. The molecule has 1 saturated heterocycles. The fraction of sp³-hybridized carbons (Fsp3) is 0.583. The number of nitrogen functional groups attached to an aromatic ring is 1. The Morgan fingerprint density at radius 2 is 1.84 bits per heavy atom. The second-order valence-electron chi connectivity index (χ2n) is 4.96. The lowest BCUT2D eigenvalue weighted by Gasteiger charge is -2.34. The molecule has 6 nitrogen and oxygen atoms in total. The lowest BCUT2D eigenvalue weighted by atomic mass is 10.2. The topological polar surface area (TPSA) is 79.5 Å². The van der Waals surface area contributed by atoms with E-state index in [1.165, 1.54) is 11.3 Å². The molecular formula is C12H16N4O2S. The maximum Gasteiger partial charge on any atom is 0.273 e. The molecule has 19 heavy (non-hydrogen) atoms. The van der Waals surface area contributed by atoms with Gasteiger partial charge in [-0.2, -0.15) is 0 Å². The number of nitrogens with two attached hydrogens (primary N) is 1. The first-order chi connectivity index (χ1) is 9.15. The van der Waals surface area contributed by atoms with Crippen LogP contribution in [-0.2, 0) is 4.79 Å². The van der Waals surface area contributed by atoms with Crippen LogP contribution in [0.3, 0.4) is 0 Å². The van der Waals surface area contributed by atoms with Gasteiger partial charge in [-0.25, -0.2) is 4.98 Å². The number of hydrogen-bond acceptors (Lipinski definition) is 5. The number of nitrogens with zero attached hydrogens (tertiary/aromatic N) is 3. The third kappa shape index (κ3) is 2.56. The van der Waals surface area contributed by atoms with E-state index in [9.17, 15) is 9.59 Å². The van der Waals surface area contributed by atoms with Gasteiger partial charge in [-0.15, -0.1) is 11.3 Å². The minimum absolute atomic E-state index is 0.0912. The van der Waals surface area contributed by atoms with Gasteiger partial charge in [0.05, 0.1) is 0 Å². The fourth-order valence-electron chi connectivity index (χ4n) is 2.27. The zero-order valence-corrected chi connectivity index (χ0v) is 11.4. The highest BCUT2D eigenvalue weighted by Crippen LogP contribution is 2.31. The zero-order chi connectivity index (χ0) is 13.4. The van der Waals surface area contributed by atoms with Gasteiger partial charge < -0.3 is 15.5 Å². The van der Waals surface area contributed by atoms with Gasteiger partial charge in [0.15, 0.2) is 5.13 Å². The van der Waals surface area contributed by atoms with Crippen molar-refractivity contribution < 1.29 is 9.59 Å². The molecular weight excluding hydrogens is 264 g/mol. The summed E-state index contributed by atoms with van der Waals surface area (Å²) in [6.45, 7) is 2.41. The van der Waals surface area contributed by atoms with Crippen molar-refractivity contribution in [3.8, 4) is 0 Å². The second kappa shape index (κ2) is 4.80. The summed E-state index contributed by atoms with van der Waals surface area (Å²) >= 11 is 1.27. The number of amides is 2. The molecule has 102 valence electrons. The Balaban J connectivity index is 1.57. The van der Waals surface area contributed by atoms with Gasteiger partial charge in [0, 0.05) is 37.5 Å². The Bertz CT molecular complexity index is 504. The van der Waals surface area contributed by atoms with Crippen LogP contribution in [0.15, 0.2) is 5.38 Å². The molecule has 0 atom stereocenters. The van der Waals surface area contributed by atoms with E-state index in [1.807, 2.05) is 4.90 Å². The molecule has 1 aromatic rings. The van der Waals surface area contributed by atoms with Crippen molar-refractivity contribution in [2.45, 2.75) is 12.8 Å². The molecule has 1 saturated carbocycles. The number of aromatic nitrogens is 1. The van der Waals surface area contributed by atoms with Gasteiger partial charge in [-0.05, 0) is 12.8 Å². The summed E-state index contributed by atoms with van der Waals surface area (Å²) in [7, 11) is 0. The van der Waals surface area contributed by atoms with Crippen LogP contribution in [0.1, 0.15) is 23.3 Å². The summed E-state index contributed by atoms with van der Waals surface area (Å²) in [4.78, 5) is 31.7. The van der Waals surface area contributed by atoms with Gasteiger partial charge in [0.25, 0.3) is 5.91 Å². The van der Waals surface area contributed by atoms with E-state index in [0.29, 0.717) is 37.0 Å². The fourth-order valence-corrected chi connectivity index (χ4v) is 2.80. The van der Waals surface area contributed by atoms with E-state index in [4.69, 9.17) is 5.73 Å². The van der Waals surface area contributed by atoms with Crippen molar-refractivity contribution in [2.75, 3.05) is 31.9 Å². The van der Waals surface area contributed by atoms with Crippen molar-refractivity contribution in [2.24, 2.45) is 5.92 Å². The second-order valence-corrected chi connectivity index (χ2v) is 5.85. The SMILES string of the molecule is Nc1nc(C(=O)N2CCN(C(=O)C3CC3)CC2)cs1. The van der Waals surface area contributed by atoms with Crippen LogP contribution in [-0.4, -0.2) is 52.8 Å². The molecule has 2 N–H and O–H groups in total. The summed E-state index contributed by atoms with van der Waals surface area (Å²) in [5, 5.41) is 2.09. The van der Waals surface area contributed by atoms with Gasteiger partial charge >= 0.3 is 0 Å². The van der Waals surface area contributed by atoms with Gasteiger partial charge in [-0.3, -0.25) is 9.59 Å². The molecule has 0 spiro atoms. The maximum absolute atomic E-state index is 12.1. The predicted molar refractivity (Wildman–Crippen MR) is 71.7 cm³/mol. The summed E-state index contributed by atoms with van der Waals surface area (Å²) in [5.74, 6) is 0.414. The van der Waals surface area contributed by atoms with Crippen molar-refractivity contribution >= 4 is 28.3 Å². The van der Waals surface area contributed by atoms with Gasteiger partial charge in [0.2, 0.25) is 5.91 Å². The average molecular weight is 280 g/mol. The highest BCUT2D eigenvalue weighted by Gasteiger charge is 2.35. The Labute approximate surface area is 115 Å². The number of piperazine rings is 1. The van der Waals surface area contributed by atoms with Crippen LogP contribution in [0, 0.1) is 5.92 Å². The predicted octanol–water partition coefficient (Wildman–Crippen LogP) is 0.420. The van der Waals surface area contributed by atoms with Crippen LogP contribution in [0.4, 0.5) is 5.13 Å². The molecule has 2 aliphatic rings. The summed E-state index contributed by atoms with van der Waals surface area (Å²) < 4.78 is 0. The van der Waals surface area contributed by atoms with Crippen LogP contribution >= 0.6 is 11.3 Å². The molecule has 2 amide bonds. The van der Waals surface area contributed by atoms with Crippen LogP contribution in [0.25, 0.3) is 0 Å². The number of hydrogen-bond donors (Lipinski definition) is 1. The van der Waals surface area contributed by atoms with Crippen LogP contribution in [0.5, 0.6) is 0 Å². The van der Waals surface area contributed by atoms with Crippen LogP contribution < -0.4 is 5.73 Å². The van der Waals surface area contributed by atoms with E-state index >= 15 is 0 Å². The number of anilines is 1. The minimum Gasteiger partial charge on any atom is -0.375 e. The van der Waals surface area contributed by atoms with E-state index in [1.54, 1.807) is 10.3 Å². The molecule has 0 radical (unpaired) electrons. The highest BCUT2D eigenvalue weighted by molar-refractivity contribution is 7.13. The monoisotopic (exact) mass is 280 g/mol. The molecule has 3 rings (SSSR count). The number of rotatable bonds is 2. The standard InChI is InChI=1S/C12H16N4O2S/c13-12-14-9(7-19-12)11(18)16-5-3-15(4-6-16)10(17)8-1-2-8/h7-8H,1-6H2,(H2,13,14). The Kier molecular flexibility index (Phi) is 3.14. The smallest absolute Gasteiger partial charge is 0.273 e. The summed E-state index contributed by atoms with van der Waals surface area (Å²) in [6.07, 6.45) is 2.05. The molecule has 0 bridgehead atoms. The van der Waals surface area contributed by atoms with Crippen molar-refractivity contribution in [3.63, 3.8) is 0 Å². The lowest BCUT2D eigenvalue weighted by molar-refractivity contribution is -0.134. The highest BCUT2D eigenvalue weighted by atomic mass is 32.1. The molecule has 1 aliphatic heterocycles. The number of carbonyl (C=O) groups is 2. The first-order valence-corrected chi connectivity index (χ1v) is 7.32. The first-order valence-electron chi connectivity index (χ1n) is 6.44. The van der Waals surface area contributed by atoms with Crippen molar-refractivity contribution in [1.82, 2.24) is 14.8 Å². The number of thiazole rings is 1. The third-order valence-corrected chi connectivity index (χ3v) is 4.22. The average Bonchev–Trinajstić information content (AvgIpc) is 3.19. The van der Waals surface area contributed by atoms with Gasteiger partial charge in [-0.1, -0.05) is 0 Å². The van der Waals surface area contributed by atoms with E-state index in [-0.39, 0.29) is 17.7 Å². The third-order valence-electron chi connectivity index (χ3n) is 3.55. The molecule has 7 heteroatoms. The summed E-state index contributed by atoms with van der Waals surface area (Å²) in [5.41, 5.74) is 5.94. The van der Waals surface area contributed by atoms with Crippen LogP contribution in [0.2, 0.25) is 0 Å². The Morgan fingerprint density at radius 1 is 1.21 bits per heavy atom. The molecule has 1 aromatic heterocycles. The van der Waals surface area contributed by atoms with E-state index in [2.05, 4.69) is 4.98 Å². The normalized spacial score (nSPS) is 19.6. The van der Waals surface area contributed by atoms with E-state index in [0.717, 1.165) is 12.8 Å². The lowest BCUT2D eigenvalue weighted by Crippen LogP contribution is -2.51. The van der Waals surface area contributed by atoms with Crippen molar-refractivity contribution in [3.05, 3.63) is 11.1 Å². The quantitative estimate of drug-likeness (QED) is 0.851.